The Morgan fingerprint density at radius 1 is 1.04 bits per heavy atom. The van der Waals surface area contributed by atoms with E-state index in [0.717, 1.165) is 0 Å². The molecule has 0 unspecified atom stereocenters. The molecule has 136 valence electrons. The molecule has 2 rings (SSSR count). The Labute approximate surface area is 158 Å². The van der Waals surface area contributed by atoms with E-state index in [2.05, 4.69) is 4.72 Å². The van der Waals surface area contributed by atoms with Gasteiger partial charge in [-0.25, -0.2) is 13.2 Å². The van der Waals surface area contributed by atoms with E-state index in [-0.39, 0.29) is 26.2 Å². The molecule has 7 nitrogen and oxygen atoms in total. The fourth-order valence-electron chi connectivity index (χ4n) is 1.91. The van der Waals surface area contributed by atoms with E-state index in [4.69, 9.17) is 33.4 Å². The maximum Gasteiger partial charge on any atom is 0.371 e. The lowest BCUT2D eigenvalue weighted by Gasteiger charge is -2.10. The molecule has 0 aliphatic rings. The predicted octanol–water partition coefficient (Wildman–Crippen LogP) is 3.50. The van der Waals surface area contributed by atoms with Crippen molar-refractivity contribution in [1.82, 2.24) is 0 Å². The number of anilines is 1. The molecule has 2 aromatic rings. The van der Waals surface area contributed by atoms with Crippen LogP contribution in [0.3, 0.4) is 0 Å². The van der Waals surface area contributed by atoms with E-state index < -0.39 is 27.5 Å². The second-order valence-corrected chi connectivity index (χ2v) is 7.45. The van der Waals surface area contributed by atoms with Crippen molar-refractivity contribution in [2.75, 3.05) is 4.72 Å². The van der Waals surface area contributed by atoms with Crippen molar-refractivity contribution in [2.45, 2.75) is 4.90 Å². The Morgan fingerprint density at radius 2 is 1.73 bits per heavy atom. The van der Waals surface area contributed by atoms with Crippen LogP contribution in [-0.2, 0) is 14.8 Å². The molecule has 10 heteroatoms. The minimum absolute atomic E-state index is 0.0276. The van der Waals surface area contributed by atoms with E-state index in [9.17, 15) is 18.0 Å². The number of nitrogens with one attached hydrogen (secondary N) is 1. The molecule has 0 aliphatic heterocycles. The predicted molar refractivity (Wildman–Crippen MR) is 96.4 cm³/mol. The number of carboxylic acids is 1. The molecule has 2 aromatic carbocycles. The number of carboxylic acid groups (broad SMARTS) is 1. The van der Waals surface area contributed by atoms with E-state index in [1.807, 2.05) is 0 Å². The molecule has 0 radical (unpaired) electrons. The van der Waals surface area contributed by atoms with Crippen LogP contribution in [0.2, 0.25) is 10.0 Å². The summed E-state index contributed by atoms with van der Waals surface area (Å²) in [5, 5.41) is 17.9. The van der Waals surface area contributed by atoms with Crippen molar-refractivity contribution in [1.29, 1.82) is 0 Å². The first-order valence-electron chi connectivity index (χ1n) is 6.86. The summed E-state index contributed by atoms with van der Waals surface area (Å²) < 4.78 is 27.1. The molecule has 0 amide bonds. The molecular weight excluding hydrogens is 405 g/mol. The molecule has 0 saturated carbocycles. The third kappa shape index (κ3) is 4.75. The number of hydrogen-bond donors (Lipinski definition) is 3. The van der Waals surface area contributed by atoms with Crippen LogP contribution in [-0.4, -0.2) is 30.4 Å². The molecule has 0 saturated heterocycles. The van der Waals surface area contributed by atoms with Gasteiger partial charge in [0.2, 0.25) is 5.76 Å². The Balaban J connectivity index is 2.32. The number of ketones is 1. The van der Waals surface area contributed by atoms with Crippen LogP contribution in [0.4, 0.5) is 5.69 Å². The first-order chi connectivity index (χ1) is 12.1. The summed E-state index contributed by atoms with van der Waals surface area (Å²) in [7, 11) is -4.05. The van der Waals surface area contributed by atoms with Gasteiger partial charge >= 0.3 is 5.97 Å². The summed E-state index contributed by atoms with van der Waals surface area (Å²) in [5.41, 5.74) is 0.0188. The molecule has 0 fully saturated rings. The van der Waals surface area contributed by atoms with E-state index in [0.29, 0.717) is 6.08 Å². The van der Waals surface area contributed by atoms with Crippen molar-refractivity contribution in [2.24, 2.45) is 0 Å². The van der Waals surface area contributed by atoms with Gasteiger partial charge in [-0.1, -0.05) is 35.3 Å². The van der Waals surface area contributed by atoms with Gasteiger partial charge in [-0.05, 0) is 30.3 Å². The lowest BCUT2D eigenvalue weighted by Crippen LogP contribution is -2.14. The van der Waals surface area contributed by atoms with Gasteiger partial charge in [-0.2, -0.15) is 0 Å². The van der Waals surface area contributed by atoms with Crippen LogP contribution in [0.1, 0.15) is 10.4 Å². The topological polar surface area (TPSA) is 121 Å². The van der Waals surface area contributed by atoms with Crippen LogP contribution >= 0.6 is 23.2 Å². The van der Waals surface area contributed by atoms with Gasteiger partial charge in [0.05, 0.1) is 5.02 Å². The van der Waals surface area contributed by atoms with Crippen molar-refractivity contribution in [3.05, 3.63) is 69.9 Å². The van der Waals surface area contributed by atoms with Crippen molar-refractivity contribution in [3.63, 3.8) is 0 Å². The van der Waals surface area contributed by atoms with Gasteiger partial charge in [0.1, 0.15) is 4.90 Å². The first kappa shape index (κ1) is 19.8. The maximum atomic E-state index is 12.4. The molecule has 0 heterocycles. The Hall–Kier alpha value is -2.55. The number of aliphatic carboxylic acids is 1. The number of aliphatic hydroxyl groups is 1. The molecule has 0 atom stereocenters. The standard InChI is InChI=1S/C16H11Cl2NO6S/c17-10-4-5-15(12(18)7-10)26(24,25)19-11-3-1-2-9(6-11)13(20)8-14(21)16(22)23/h1-8,19,21H,(H,22,23)/b14-8+. The van der Waals surface area contributed by atoms with Crippen LogP contribution in [0.25, 0.3) is 0 Å². The van der Waals surface area contributed by atoms with Crippen molar-refractivity contribution in [3.8, 4) is 0 Å². The summed E-state index contributed by atoms with van der Waals surface area (Å²) in [6.07, 6.45) is 0.520. The lowest BCUT2D eigenvalue weighted by molar-refractivity contribution is -0.135. The molecule has 0 aliphatic carbocycles. The number of carbonyl (C=O) groups excluding carboxylic acids is 1. The van der Waals surface area contributed by atoms with Crippen LogP contribution < -0.4 is 4.72 Å². The highest BCUT2D eigenvalue weighted by molar-refractivity contribution is 7.92. The minimum atomic E-state index is -4.05. The van der Waals surface area contributed by atoms with Gasteiger partial charge in [-0.3, -0.25) is 9.52 Å². The number of halogens is 2. The van der Waals surface area contributed by atoms with Crippen molar-refractivity contribution >= 4 is 50.7 Å². The highest BCUT2D eigenvalue weighted by Crippen LogP contribution is 2.27. The quantitative estimate of drug-likeness (QED) is 0.377. The smallest absolute Gasteiger partial charge is 0.371 e. The zero-order chi connectivity index (χ0) is 19.5. The third-order valence-corrected chi connectivity index (χ3v) is 5.17. The molecule has 3 N–H and O–H groups in total. The second kappa shape index (κ2) is 7.77. The molecule has 26 heavy (non-hydrogen) atoms. The average molecular weight is 416 g/mol. The van der Waals surface area contributed by atoms with E-state index in [1.54, 1.807) is 0 Å². The second-order valence-electron chi connectivity index (χ2n) is 4.96. The van der Waals surface area contributed by atoms with Crippen LogP contribution in [0.15, 0.2) is 59.2 Å². The summed E-state index contributed by atoms with van der Waals surface area (Å²) in [6, 6.07) is 9.17. The number of benzene rings is 2. The average Bonchev–Trinajstić information content (AvgIpc) is 2.54. The lowest BCUT2D eigenvalue weighted by atomic mass is 10.1. The summed E-state index contributed by atoms with van der Waals surface area (Å²) in [6.45, 7) is 0. The maximum absolute atomic E-state index is 12.4. The van der Waals surface area contributed by atoms with Crippen molar-refractivity contribution < 1.29 is 28.2 Å². The fourth-order valence-corrected chi connectivity index (χ4v) is 3.73. The SMILES string of the molecule is O=C(O)/C(O)=C\C(=O)c1cccc(NS(=O)(=O)c2ccc(Cl)cc2Cl)c1. The normalized spacial score (nSPS) is 11.8. The zero-order valence-electron chi connectivity index (χ0n) is 12.8. The Bertz CT molecular complexity index is 1020. The first-order valence-corrected chi connectivity index (χ1v) is 9.10. The van der Waals surface area contributed by atoms with Gasteiger partial charge in [0.25, 0.3) is 10.0 Å². The van der Waals surface area contributed by atoms with Gasteiger partial charge in [0, 0.05) is 22.3 Å². The molecule has 0 aromatic heterocycles. The largest absolute Gasteiger partial charge is 0.502 e. The number of sulfonamides is 1. The summed E-state index contributed by atoms with van der Waals surface area (Å²) in [5.74, 6) is -3.60. The van der Waals surface area contributed by atoms with Gasteiger partial charge < -0.3 is 10.2 Å². The van der Waals surface area contributed by atoms with E-state index in [1.165, 1.54) is 42.5 Å². The molecular formula is C16H11Cl2NO6S. The number of aliphatic hydroxyl groups excluding tert-OH is 1. The highest BCUT2D eigenvalue weighted by atomic mass is 35.5. The number of rotatable bonds is 6. The Kier molecular flexibility index (Phi) is 5.91. The number of allylic oxidation sites excluding steroid dienone is 1. The molecule has 0 bridgehead atoms. The van der Waals surface area contributed by atoms with Crippen LogP contribution in [0.5, 0.6) is 0 Å². The molecule has 0 spiro atoms. The summed E-state index contributed by atoms with van der Waals surface area (Å²) >= 11 is 11.6. The zero-order valence-corrected chi connectivity index (χ0v) is 15.1. The number of hydrogen-bond acceptors (Lipinski definition) is 5. The Morgan fingerprint density at radius 3 is 2.35 bits per heavy atom. The third-order valence-electron chi connectivity index (χ3n) is 3.07. The minimum Gasteiger partial charge on any atom is -0.502 e. The fraction of sp³-hybridized carbons (Fsp3) is 0. The highest BCUT2D eigenvalue weighted by Gasteiger charge is 2.19. The van der Waals surface area contributed by atoms with Crippen LogP contribution in [0, 0.1) is 0 Å². The van der Waals surface area contributed by atoms with Gasteiger partial charge in [0.15, 0.2) is 5.78 Å². The van der Waals surface area contributed by atoms with E-state index >= 15 is 0 Å². The number of carbonyl (C=O) groups is 2. The monoisotopic (exact) mass is 415 g/mol. The van der Waals surface area contributed by atoms with Gasteiger partial charge in [-0.15, -0.1) is 0 Å². The summed E-state index contributed by atoms with van der Waals surface area (Å²) in [4.78, 5) is 22.3.